The van der Waals surface area contributed by atoms with Crippen molar-refractivity contribution < 1.29 is 58.3 Å². The molecule has 0 saturated carbocycles. The Morgan fingerprint density at radius 3 is 2.26 bits per heavy atom. The predicted octanol–water partition coefficient (Wildman–Crippen LogP) is 5.81. The van der Waals surface area contributed by atoms with Gasteiger partial charge in [0.2, 0.25) is 0 Å². The average molecular weight is 867 g/mol. The lowest BCUT2D eigenvalue weighted by Crippen LogP contribution is -2.42. The second kappa shape index (κ2) is 18.2. The molecule has 310 valence electrons. The van der Waals surface area contributed by atoms with Crippen LogP contribution in [0.4, 0.5) is 5.69 Å². The molecule has 1 atom stereocenters. The van der Waals surface area contributed by atoms with Crippen LogP contribution in [0, 0.1) is 12.3 Å². The molecule has 15 nitrogen and oxygen atoms in total. The molecule has 0 radical (unpaired) electrons. The first-order chi connectivity index (χ1) is 26.5. The number of anilines is 1. The number of allylic oxidation sites excluding steroid dienone is 7. The number of ether oxygens (including phenoxy) is 1. The van der Waals surface area contributed by atoms with E-state index in [1.165, 1.54) is 30.0 Å². The van der Waals surface area contributed by atoms with E-state index in [0.29, 0.717) is 33.0 Å². The van der Waals surface area contributed by atoms with Crippen molar-refractivity contribution in [3.8, 4) is 0 Å². The van der Waals surface area contributed by atoms with Gasteiger partial charge in [0.15, 0.2) is 5.41 Å². The molecule has 0 bridgehead atoms. The summed E-state index contributed by atoms with van der Waals surface area (Å²) in [5.74, 6) is -3.37. The van der Waals surface area contributed by atoms with Gasteiger partial charge in [-0.1, -0.05) is 62.0 Å². The van der Waals surface area contributed by atoms with Gasteiger partial charge in [-0.3, -0.25) is 28.2 Å². The van der Waals surface area contributed by atoms with E-state index in [2.05, 4.69) is 4.99 Å². The third-order valence-electron chi connectivity index (χ3n) is 9.44. The minimum Gasteiger partial charge on any atom is -0.480 e. The van der Waals surface area contributed by atoms with Gasteiger partial charge < -0.3 is 14.7 Å². The fraction of sp³-hybridized carbons (Fsp3) is 0.395. The predicted molar refractivity (Wildman–Crippen MR) is 217 cm³/mol. The van der Waals surface area contributed by atoms with Crippen LogP contribution < -0.4 is 4.90 Å². The molecule has 1 aliphatic carbocycles. The number of nitrogens with zero attached hydrogens (tertiary/aromatic N) is 2. The van der Waals surface area contributed by atoms with Crippen molar-refractivity contribution in [3.05, 3.63) is 100 Å². The number of fused-ring (bicyclic) bond motifs is 1. The van der Waals surface area contributed by atoms with E-state index in [9.17, 15) is 53.6 Å². The first-order valence-electron chi connectivity index (χ1n) is 17.8. The SMILES string of the molecule is CCOC(=O)C1(C(=O)O)CC(/C=C/C(=N\CCCS(=O)(=O)O)C(C)(C)c2cc(S(=O)(=O)O)ccc2C)=CC(=C/C=C2\Sc3ccccc3N2CCCS(=O)(=O)O)/C1. The van der Waals surface area contributed by atoms with E-state index in [1.807, 2.05) is 29.2 Å². The molecule has 57 heavy (non-hydrogen) atoms. The topological polar surface area (TPSA) is 242 Å². The van der Waals surface area contributed by atoms with Crippen molar-refractivity contribution in [2.45, 2.75) is 68.6 Å². The normalized spacial score (nSPS) is 19.6. The van der Waals surface area contributed by atoms with Gasteiger partial charge in [-0.25, -0.2) is 0 Å². The third-order valence-corrected chi connectivity index (χ3v) is 13.0. The summed E-state index contributed by atoms with van der Waals surface area (Å²) in [6.07, 6.45) is 7.83. The maximum atomic E-state index is 13.5. The van der Waals surface area contributed by atoms with Crippen LogP contribution in [0.1, 0.15) is 57.6 Å². The average Bonchev–Trinajstić information content (AvgIpc) is 3.45. The zero-order valence-corrected chi connectivity index (χ0v) is 35.0. The summed E-state index contributed by atoms with van der Waals surface area (Å²) >= 11 is 1.41. The number of hydrogen-bond donors (Lipinski definition) is 4. The molecule has 0 amide bonds. The van der Waals surface area contributed by atoms with E-state index in [0.717, 1.165) is 10.6 Å². The molecule has 0 spiro atoms. The number of carboxylic acid groups (broad SMARTS) is 1. The molecule has 1 aliphatic heterocycles. The number of para-hydroxylation sites is 1. The monoisotopic (exact) mass is 866 g/mol. The molecule has 0 aromatic heterocycles. The Labute approximate surface area is 337 Å². The van der Waals surface area contributed by atoms with Crippen molar-refractivity contribution >= 4 is 65.5 Å². The lowest BCUT2D eigenvalue weighted by Gasteiger charge is -2.32. The van der Waals surface area contributed by atoms with Gasteiger partial charge in [-0.15, -0.1) is 0 Å². The zero-order chi connectivity index (χ0) is 42.4. The molecule has 2 aromatic carbocycles. The van der Waals surface area contributed by atoms with E-state index < -0.39 is 64.6 Å². The van der Waals surface area contributed by atoms with Crippen LogP contribution in [0.25, 0.3) is 0 Å². The Balaban J connectivity index is 1.83. The molecule has 0 saturated heterocycles. The largest absolute Gasteiger partial charge is 0.480 e. The number of esters is 1. The molecular formula is C38H46N2O13S4. The smallest absolute Gasteiger partial charge is 0.324 e. The summed E-state index contributed by atoms with van der Waals surface area (Å²) in [5, 5.41) is 11.3. The number of aliphatic imine (C=N–C) groups is 1. The standard InChI is InChI=1S/C38H46N2O13S4/c1-5-53-36(43)38(35(41)42)24-27(22-28(25-38)14-17-34-40(19-9-21-56(47,48)49)31-10-6-7-11-32(31)54-34)13-16-33(39-18-8-20-55(44,45)46)37(3,4)30-23-29(57(50,51)52)15-12-26(30)2/h6-7,10-17,22-23H,5,8-9,18-21,24-25H2,1-4H3,(H,41,42)(H,44,45,46)(H,47,48,49)(H,50,51,52)/b16-13+,28-14-,34-17-,39-33+. The fourth-order valence-corrected chi connectivity index (χ4v) is 9.21. The summed E-state index contributed by atoms with van der Waals surface area (Å²) in [6, 6.07) is 11.5. The highest BCUT2D eigenvalue weighted by Crippen LogP contribution is 2.47. The maximum absolute atomic E-state index is 13.5. The van der Waals surface area contributed by atoms with Crippen LogP contribution in [0.3, 0.4) is 0 Å². The van der Waals surface area contributed by atoms with Gasteiger partial charge in [0.25, 0.3) is 30.4 Å². The van der Waals surface area contributed by atoms with Crippen molar-refractivity contribution in [2.75, 3.05) is 36.1 Å². The molecule has 1 heterocycles. The van der Waals surface area contributed by atoms with E-state index in [1.54, 1.807) is 58.1 Å². The number of benzene rings is 2. The van der Waals surface area contributed by atoms with Crippen LogP contribution in [-0.2, 0) is 50.1 Å². The third kappa shape index (κ3) is 12.0. The van der Waals surface area contributed by atoms with Crippen LogP contribution >= 0.6 is 11.8 Å². The highest BCUT2D eigenvalue weighted by molar-refractivity contribution is 8.03. The lowest BCUT2D eigenvalue weighted by molar-refractivity contribution is -0.168. The molecule has 19 heteroatoms. The van der Waals surface area contributed by atoms with Crippen LogP contribution in [-0.4, -0.2) is 92.9 Å². The summed E-state index contributed by atoms with van der Waals surface area (Å²) in [7, 11) is -13.1. The van der Waals surface area contributed by atoms with Crippen molar-refractivity contribution in [1.29, 1.82) is 0 Å². The maximum Gasteiger partial charge on any atom is 0.324 e. The molecule has 0 fully saturated rings. The number of hydrogen-bond acceptors (Lipinski definition) is 12. The summed E-state index contributed by atoms with van der Waals surface area (Å²) in [6.45, 7) is 6.88. The Hall–Kier alpha value is -4.11. The van der Waals surface area contributed by atoms with Gasteiger partial charge in [0.1, 0.15) is 0 Å². The van der Waals surface area contributed by atoms with E-state index in [-0.39, 0.29) is 50.3 Å². The summed E-state index contributed by atoms with van der Waals surface area (Å²) in [4.78, 5) is 33.5. The van der Waals surface area contributed by atoms with Crippen molar-refractivity contribution in [2.24, 2.45) is 10.4 Å². The summed E-state index contributed by atoms with van der Waals surface area (Å²) < 4.78 is 103. The summed E-state index contributed by atoms with van der Waals surface area (Å²) in [5.41, 5.74) is -0.0462. The van der Waals surface area contributed by atoms with Crippen LogP contribution in [0.2, 0.25) is 0 Å². The molecule has 2 aromatic rings. The number of thioether (sulfide) groups is 1. The van der Waals surface area contributed by atoms with E-state index in [4.69, 9.17) is 4.74 Å². The minimum absolute atomic E-state index is 0.0553. The first-order valence-corrected chi connectivity index (χ1v) is 23.2. The molecule has 4 rings (SSSR count). The van der Waals surface area contributed by atoms with E-state index >= 15 is 0 Å². The number of aryl methyl sites for hydroxylation is 1. The van der Waals surface area contributed by atoms with Gasteiger partial charge >= 0.3 is 11.9 Å². The quantitative estimate of drug-likeness (QED) is 0.0482. The Bertz CT molecular complexity index is 2380. The Morgan fingerprint density at radius 1 is 0.965 bits per heavy atom. The molecule has 4 N–H and O–H groups in total. The lowest BCUT2D eigenvalue weighted by atomic mass is 9.71. The molecule has 1 unspecified atom stereocenters. The fourth-order valence-electron chi connectivity index (χ4n) is 6.62. The van der Waals surface area contributed by atoms with Gasteiger partial charge in [0, 0.05) is 29.1 Å². The molecular weight excluding hydrogens is 821 g/mol. The van der Waals surface area contributed by atoms with Crippen molar-refractivity contribution in [3.63, 3.8) is 0 Å². The highest BCUT2D eigenvalue weighted by atomic mass is 32.2. The Morgan fingerprint density at radius 2 is 1.63 bits per heavy atom. The second-order valence-electron chi connectivity index (χ2n) is 14.1. The number of carboxylic acids is 1. The minimum atomic E-state index is -4.59. The van der Waals surface area contributed by atoms with Gasteiger partial charge in [-0.05, 0) is 98.2 Å². The number of aliphatic carboxylic acids is 1. The second-order valence-corrected chi connectivity index (χ2v) is 19.7. The zero-order valence-electron chi connectivity index (χ0n) is 31.8. The van der Waals surface area contributed by atoms with Crippen LogP contribution in [0.15, 0.2) is 104 Å². The number of carbonyl (C=O) groups excluding carboxylic acids is 1. The van der Waals surface area contributed by atoms with Gasteiger partial charge in [0.05, 0.1) is 33.7 Å². The Kier molecular flexibility index (Phi) is 14.6. The number of rotatable bonds is 17. The number of carbonyl (C=O) groups is 2. The van der Waals surface area contributed by atoms with Crippen LogP contribution in [0.5, 0.6) is 0 Å². The highest BCUT2D eigenvalue weighted by Gasteiger charge is 2.50. The van der Waals surface area contributed by atoms with Crippen molar-refractivity contribution in [1.82, 2.24) is 0 Å². The first kappa shape index (κ1) is 45.6. The van der Waals surface area contributed by atoms with Gasteiger partial charge in [-0.2, -0.15) is 25.3 Å². The molecule has 2 aliphatic rings.